The van der Waals surface area contributed by atoms with E-state index >= 15 is 0 Å². The smallest absolute Gasteiger partial charge is 0.252 e. The van der Waals surface area contributed by atoms with Crippen LogP contribution in [-0.4, -0.2) is 28.5 Å². The Morgan fingerprint density at radius 3 is 2.30 bits per heavy atom. The van der Waals surface area contributed by atoms with Gasteiger partial charge in [-0.3, -0.25) is 9.59 Å². The predicted molar refractivity (Wildman–Crippen MR) is 93.7 cm³/mol. The maximum absolute atomic E-state index is 13.4. The van der Waals surface area contributed by atoms with Crippen molar-refractivity contribution in [1.82, 2.24) is 5.32 Å². The van der Waals surface area contributed by atoms with Crippen molar-refractivity contribution in [3.63, 3.8) is 0 Å². The van der Waals surface area contributed by atoms with E-state index in [2.05, 4.69) is 5.32 Å². The Morgan fingerprint density at radius 2 is 1.70 bits per heavy atom. The van der Waals surface area contributed by atoms with E-state index < -0.39 is 35.3 Å². The standard InChI is InChI=1S/C20H19F2NO4/c1-10(24)11-4-5-16-15(8-11)17(18(25)20(2,3)27-16)23-19(26)12-6-13(21)9-14(22)7-12/h4-9,17-18,25H,1-3H3,(H,23,26)/t17-,18+/m0/s1. The number of carbonyl (C=O) groups excluding carboxylic acids is 2. The molecule has 2 atom stereocenters. The summed E-state index contributed by atoms with van der Waals surface area (Å²) >= 11 is 0. The summed E-state index contributed by atoms with van der Waals surface area (Å²) in [5.41, 5.74) is -0.441. The van der Waals surface area contributed by atoms with Crippen LogP contribution in [0.15, 0.2) is 36.4 Å². The van der Waals surface area contributed by atoms with Gasteiger partial charge in [0.25, 0.3) is 5.91 Å². The molecule has 0 unspecified atom stereocenters. The van der Waals surface area contributed by atoms with Gasteiger partial charge >= 0.3 is 0 Å². The minimum atomic E-state index is -1.16. The molecular formula is C20H19F2NO4. The number of ether oxygens (including phenoxy) is 1. The Bertz CT molecular complexity index is 906. The number of fused-ring (bicyclic) bond motifs is 1. The first-order chi connectivity index (χ1) is 12.6. The summed E-state index contributed by atoms with van der Waals surface area (Å²) in [5.74, 6) is -2.30. The number of hydrogen-bond acceptors (Lipinski definition) is 4. The van der Waals surface area contributed by atoms with Gasteiger partial charge in [0.1, 0.15) is 29.1 Å². The molecule has 2 N–H and O–H groups in total. The molecule has 7 heteroatoms. The molecule has 27 heavy (non-hydrogen) atoms. The first-order valence-corrected chi connectivity index (χ1v) is 8.37. The van der Waals surface area contributed by atoms with Crippen LogP contribution >= 0.6 is 0 Å². The van der Waals surface area contributed by atoms with Crippen molar-refractivity contribution >= 4 is 11.7 Å². The van der Waals surface area contributed by atoms with E-state index in [1.54, 1.807) is 26.0 Å². The minimum Gasteiger partial charge on any atom is -0.485 e. The monoisotopic (exact) mass is 375 g/mol. The topological polar surface area (TPSA) is 75.6 Å². The normalized spacial score (nSPS) is 20.4. The molecule has 1 heterocycles. The molecule has 1 amide bonds. The second-order valence-electron chi connectivity index (χ2n) is 7.07. The van der Waals surface area contributed by atoms with E-state index in [0.29, 0.717) is 22.9 Å². The second kappa shape index (κ2) is 6.74. The number of nitrogens with one attached hydrogen (secondary N) is 1. The quantitative estimate of drug-likeness (QED) is 0.808. The third kappa shape index (κ3) is 3.68. The zero-order valence-electron chi connectivity index (χ0n) is 15.0. The fourth-order valence-electron chi connectivity index (χ4n) is 3.08. The molecule has 1 aliphatic heterocycles. The number of halogens is 2. The van der Waals surface area contributed by atoms with Crippen LogP contribution in [0.25, 0.3) is 0 Å². The zero-order valence-corrected chi connectivity index (χ0v) is 15.0. The average molecular weight is 375 g/mol. The van der Waals surface area contributed by atoms with Gasteiger partial charge in [0.05, 0.1) is 6.04 Å². The molecule has 1 aliphatic rings. The molecule has 2 aromatic carbocycles. The molecule has 0 aromatic heterocycles. The van der Waals surface area contributed by atoms with Crippen molar-refractivity contribution in [3.05, 3.63) is 64.7 Å². The first kappa shape index (κ1) is 19.0. The Balaban J connectivity index is 2.01. The fraction of sp³-hybridized carbons (Fsp3) is 0.300. The van der Waals surface area contributed by atoms with Crippen LogP contribution in [-0.2, 0) is 0 Å². The number of ketones is 1. The van der Waals surface area contributed by atoms with Crippen molar-refractivity contribution < 1.29 is 28.2 Å². The summed E-state index contributed by atoms with van der Waals surface area (Å²) < 4.78 is 32.6. The number of aliphatic hydroxyl groups excluding tert-OH is 1. The molecule has 0 saturated carbocycles. The molecule has 0 spiro atoms. The van der Waals surface area contributed by atoms with Crippen molar-refractivity contribution in [2.75, 3.05) is 0 Å². The lowest BCUT2D eigenvalue weighted by Crippen LogP contribution is -2.53. The maximum Gasteiger partial charge on any atom is 0.252 e. The average Bonchev–Trinajstić information content (AvgIpc) is 2.57. The summed E-state index contributed by atoms with van der Waals surface area (Å²) in [5, 5.41) is 13.3. The van der Waals surface area contributed by atoms with Gasteiger partial charge in [-0.05, 0) is 51.1 Å². The lowest BCUT2D eigenvalue weighted by Gasteiger charge is -2.42. The van der Waals surface area contributed by atoms with Gasteiger partial charge in [0, 0.05) is 22.8 Å². The minimum absolute atomic E-state index is 0.186. The third-order valence-corrected chi connectivity index (χ3v) is 4.56. The summed E-state index contributed by atoms with van der Waals surface area (Å²) in [7, 11) is 0. The van der Waals surface area contributed by atoms with E-state index in [-0.39, 0.29) is 11.3 Å². The van der Waals surface area contributed by atoms with Gasteiger partial charge in [0.15, 0.2) is 5.78 Å². The molecule has 0 fully saturated rings. The third-order valence-electron chi connectivity index (χ3n) is 4.56. The molecule has 0 radical (unpaired) electrons. The highest BCUT2D eigenvalue weighted by Crippen LogP contribution is 2.40. The molecule has 3 rings (SSSR count). The number of hydrogen-bond donors (Lipinski definition) is 2. The van der Waals surface area contributed by atoms with Crippen molar-refractivity contribution in [1.29, 1.82) is 0 Å². The molecular weight excluding hydrogens is 356 g/mol. The number of carbonyl (C=O) groups is 2. The number of benzene rings is 2. The highest BCUT2D eigenvalue weighted by atomic mass is 19.1. The number of Topliss-reactive ketones (excluding diaryl/α,β-unsaturated/α-hetero) is 1. The lowest BCUT2D eigenvalue weighted by atomic mass is 9.85. The Labute approximate surface area is 155 Å². The summed E-state index contributed by atoms with van der Waals surface area (Å²) in [4.78, 5) is 24.2. The summed E-state index contributed by atoms with van der Waals surface area (Å²) in [6.45, 7) is 4.70. The SMILES string of the molecule is CC(=O)c1ccc2c(c1)[C@H](NC(=O)c1cc(F)cc(F)c1)[C@@H](O)C(C)(C)O2. The molecule has 2 aromatic rings. The van der Waals surface area contributed by atoms with Crippen LogP contribution in [0, 0.1) is 11.6 Å². The molecule has 5 nitrogen and oxygen atoms in total. The van der Waals surface area contributed by atoms with Crippen molar-refractivity contribution in [3.8, 4) is 5.75 Å². The molecule has 0 saturated heterocycles. The Morgan fingerprint density at radius 1 is 1.07 bits per heavy atom. The highest BCUT2D eigenvalue weighted by molar-refractivity contribution is 5.95. The number of amides is 1. The van der Waals surface area contributed by atoms with Gasteiger partial charge in [-0.1, -0.05) is 0 Å². The second-order valence-corrected chi connectivity index (χ2v) is 7.07. The molecule has 0 bridgehead atoms. The van der Waals surface area contributed by atoms with E-state index in [9.17, 15) is 23.5 Å². The number of rotatable bonds is 3. The van der Waals surface area contributed by atoms with Crippen LogP contribution in [0.2, 0.25) is 0 Å². The first-order valence-electron chi connectivity index (χ1n) is 8.37. The van der Waals surface area contributed by atoms with Crippen LogP contribution in [0.5, 0.6) is 5.75 Å². The lowest BCUT2D eigenvalue weighted by molar-refractivity contribution is -0.0627. The van der Waals surface area contributed by atoms with Gasteiger partial charge in [-0.25, -0.2) is 8.78 Å². The summed E-state index contributed by atoms with van der Waals surface area (Å²) in [6.07, 6.45) is -1.16. The Hall–Kier alpha value is -2.80. The van der Waals surface area contributed by atoms with E-state index in [1.165, 1.54) is 13.0 Å². The molecule has 142 valence electrons. The number of aliphatic hydroxyl groups is 1. The van der Waals surface area contributed by atoms with Crippen LogP contribution in [0.1, 0.15) is 53.1 Å². The van der Waals surface area contributed by atoms with E-state index in [0.717, 1.165) is 12.1 Å². The summed E-state index contributed by atoms with van der Waals surface area (Å²) in [6, 6.07) is 6.27. The van der Waals surface area contributed by atoms with Crippen LogP contribution in [0.4, 0.5) is 8.78 Å². The van der Waals surface area contributed by atoms with Gasteiger partial charge in [-0.2, -0.15) is 0 Å². The van der Waals surface area contributed by atoms with Crippen LogP contribution < -0.4 is 10.1 Å². The zero-order chi connectivity index (χ0) is 19.9. The largest absolute Gasteiger partial charge is 0.485 e. The van der Waals surface area contributed by atoms with E-state index in [4.69, 9.17) is 4.74 Å². The van der Waals surface area contributed by atoms with Crippen LogP contribution in [0.3, 0.4) is 0 Å². The van der Waals surface area contributed by atoms with E-state index in [1.807, 2.05) is 0 Å². The fourth-order valence-corrected chi connectivity index (χ4v) is 3.08. The van der Waals surface area contributed by atoms with Crippen molar-refractivity contribution in [2.24, 2.45) is 0 Å². The Kier molecular flexibility index (Phi) is 4.73. The highest BCUT2D eigenvalue weighted by Gasteiger charge is 2.43. The predicted octanol–water partition coefficient (Wildman–Crippen LogP) is 3.17. The maximum atomic E-state index is 13.4. The van der Waals surface area contributed by atoms with Gasteiger partial charge in [-0.15, -0.1) is 0 Å². The van der Waals surface area contributed by atoms with Crippen molar-refractivity contribution in [2.45, 2.75) is 38.5 Å². The molecule has 0 aliphatic carbocycles. The van der Waals surface area contributed by atoms with Gasteiger partial charge < -0.3 is 15.2 Å². The van der Waals surface area contributed by atoms with Gasteiger partial charge in [0.2, 0.25) is 0 Å².